The number of rotatable bonds is 4. The molecule has 0 amide bonds. The van der Waals surface area contributed by atoms with E-state index in [1.54, 1.807) is 6.92 Å². The van der Waals surface area contributed by atoms with Gasteiger partial charge in [0.1, 0.15) is 0 Å². The summed E-state index contributed by atoms with van der Waals surface area (Å²) in [6.07, 6.45) is 2.12. The monoisotopic (exact) mass is 154 g/mol. The first-order valence-corrected chi connectivity index (χ1v) is 3.84. The van der Waals surface area contributed by atoms with E-state index in [1.165, 1.54) is 0 Å². The molecule has 1 atom stereocenters. The predicted octanol–water partition coefficient (Wildman–Crippen LogP) is 1.90. The maximum Gasteiger partial charge on any atom is 0.307 e. The molecule has 0 aliphatic heterocycles. The summed E-state index contributed by atoms with van der Waals surface area (Å²) in [6, 6.07) is 0. The molecule has 2 nitrogen and oxygen atoms in total. The van der Waals surface area contributed by atoms with Gasteiger partial charge in [0.05, 0.1) is 5.92 Å². The lowest BCUT2D eigenvalue weighted by atomic mass is 10.0. The third-order valence-corrected chi connectivity index (χ3v) is 1.51. The van der Waals surface area contributed by atoms with Gasteiger partial charge < -0.3 is 5.11 Å². The number of hydrogen-bond acceptors (Lipinski definition) is 1. The average molecular weight is 154 g/mol. The van der Waals surface area contributed by atoms with E-state index in [4.69, 9.17) is 5.11 Å². The minimum Gasteiger partial charge on any atom is -0.481 e. The molecule has 0 aromatic heterocycles. The summed E-state index contributed by atoms with van der Waals surface area (Å²) in [4.78, 5) is 10.5. The van der Waals surface area contributed by atoms with E-state index in [1.807, 2.05) is 6.92 Å². The molecule has 1 N–H and O–H groups in total. The van der Waals surface area contributed by atoms with Crippen molar-refractivity contribution in [3.8, 4) is 11.8 Å². The van der Waals surface area contributed by atoms with Gasteiger partial charge in [0, 0.05) is 6.42 Å². The fraction of sp³-hybridized carbons (Fsp3) is 0.667. The van der Waals surface area contributed by atoms with Crippen molar-refractivity contribution < 1.29 is 9.90 Å². The van der Waals surface area contributed by atoms with E-state index in [0.29, 0.717) is 6.42 Å². The van der Waals surface area contributed by atoms with Crippen molar-refractivity contribution in [2.75, 3.05) is 0 Å². The van der Waals surface area contributed by atoms with Gasteiger partial charge in [-0.25, -0.2) is 0 Å². The minimum atomic E-state index is -0.727. The molecule has 11 heavy (non-hydrogen) atoms. The molecule has 62 valence electrons. The zero-order valence-electron chi connectivity index (χ0n) is 7.05. The molecule has 0 aromatic rings. The Morgan fingerprint density at radius 1 is 1.64 bits per heavy atom. The minimum absolute atomic E-state index is 0.271. The second-order valence-electron chi connectivity index (χ2n) is 2.45. The number of carboxylic acids is 1. The molecule has 0 spiro atoms. The fourth-order valence-electron chi connectivity index (χ4n) is 0.887. The molecule has 0 aliphatic rings. The van der Waals surface area contributed by atoms with E-state index in [-0.39, 0.29) is 5.92 Å². The molecule has 0 rings (SSSR count). The van der Waals surface area contributed by atoms with Crippen LogP contribution in [0, 0.1) is 17.8 Å². The summed E-state index contributed by atoms with van der Waals surface area (Å²) >= 11 is 0. The lowest BCUT2D eigenvalue weighted by Gasteiger charge is -2.05. The third-order valence-electron chi connectivity index (χ3n) is 1.51. The largest absolute Gasteiger partial charge is 0.481 e. The molecule has 0 aliphatic carbocycles. The summed E-state index contributed by atoms with van der Waals surface area (Å²) in [5.41, 5.74) is 0. The molecule has 0 heterocycles. The van der Waals surface area contributed by atoms with Crippen molar-refractivity contribution in [3.63, 3.8) is 0 Å². The molecule has 0 unspecified atom stereocenters. The molecule has 0 radical (unpaired) electrons. The molecule has 0 fully saturated rings. The van der Waals surface area contributed by atoms with Gasteiger partial charge in [0.15, 0.2) is 0 Å². The van der Waals surface area contributed by atoms with E-state index in [0.717, 1.165) is 12.8 Å². The average Bonchev–Trinajstić information content (AvgIpc) is 1.97. The molecule has 0 bridgehead atoms. The first kappa shape index (κ1) is 10.0. The zero-order valence-corrected chi connectivity index (χ0v) is 7.05. The Morgan fingerprint density at radius 2 is 2.27 bits per heavy atom. The molecular weight excluding hydrogens is 140 g/mol. The first-order valence-electron chi connectivity index (χ1n) is 3.84. The number of carboxylic acid groups (broad SMARTS) is 1. The number of carbonyl (C=O) groups is 1. The van der Waals surface area contributed by atoms with Gasteiger partial charge in [0.25, 0.3) is 0 Å². The van der Waals surface area contributed by atoms with Crippen LogP contribution in [0.25, 0.3) is 0 Å². The lowest BCUT2D eigenvalue weighted by molar-refractivity contribution is -0.141. The van der Waals surface area contributed by atoms with Gasteiger partial charge in [-0.2, -0.15) is 0 Å². The second kappa shape index (κ2) is 5.79. The highest BCUT2D eigenvalue weighted by Crippen LogP contribution is 2.09. The SMILES string of the molecule is CC#CC[C@@H](CCC)C(=O)O. The van der Waals surface area contributed by atoms with Gasteiger partial charge in [-0.3, -0.25) is 4.79 Å². The smallest absolute Gasteiger partial charge is 0.307 e. The Kier molecular flexibility index (Phi) is 5.28. The van der Waals surface area contributed by atoms with Crippen LogP contribution in [0.3, 0.4) is 0 Å². The molecular formula is C9H14O2. The zero-order chi connectivity index (χ0) is 8.69. The van der Waals surface area contributed by atoms with Crippen molar-refractivity contribution >= 4 is 5.97 Å². The van der Waals surface area contributed by atoms with Gasteiger partial charge in [0.2, 0.25) is 0 Å². The second-order valence-corrected chi connectivity index (χ2v) is 2.45. The molecule has 2 heteroatoms. The molecule has 0 saturated heterocycles. The van der Waals surface area contributed by atoms with Crippen LogP contribution >= 0.6 is 0 Å². The van der Waals surface area contributed by atoms with Crippen molar-refractivity contribution in [2.45, 2.75) is 33.1 Å². The van der Waals surface area contributed by atoms with Crippen molar-refractivity contribution in [1.82, 2.24) is 0 Å². The highest BCUT2D eigenvalue weighted by Gasteiger charge is 2.13. The van der Waals surface area contributed by atoms with E-state index in [2.05, 4.69) is 11.8 Å². The Balaban J connectivity index is 3.85. The Labute approximate surface area is 67.6 Å². The van der Waals surface area contributed by atoms with E-state index >= 15 is 0 Å². The topological polar surface area (TPSA) is 37.3 Å². The van der Waals surface area contributed by atoms with Gasteiger partial charge >= 0.3 is 5.97 Å². The predicted molar refractivity (Wildman–Crippen MR) is 44.1 cm³/mol. The van der Waals surface area contributed by atoms with Crippen molar-refractivity contribution in [3.05, 3.63) is 0 Å². The summed E-state index contributed by atoms with van der Waals surface area (Å²) in [7, 11) is 0. The van der Waals surface area contributed by atoms with Crippen molar-refractivity contribution in [1.29, 1.82) is 0 Å². The maximum atomic E-state index is 10.5. The standard InChI is InChI=1S/C9H14O2/c1-3-5-7-8(6-4-2)9(10)11/h8H,4,6-7H2,1-2H3,(H,10,11)/t8-/m1/s1. The molecule has 0 aromatic carbocycles. The number of hydrogen-bond donors (Lipinski definition) is 1. The van der Waals surface area contributed by atoms with Crippen LogP contribution in [0.4, 0.5) is 0 Å². The van der Waals surface area contributed by atoms with Crippen LogP contribution in [0.5, 0.6) is 0 Å². The Hall–Kier alpha value is -0.970. The first-order chi connectivity index (χ1) is 5.22. The molecule has 0 saturated carbocycles. The van der Waals surface area contributed by atoms with Crippen LogP contribution in [-0.4, -0.2) is 11.1 Å². The van der Waals surface area contributed by atoms with Crippen LogP contribution in [0.15, 0.2) is 0 Å². The van der Waals surface area contributed by atoms with E-state index < -0.39 is 5.97 Å². The number of aliphatic carboxylic acids is 1. The quantitative estimate of drug-likeness (QED) is 0.628. The summed E-state index contributed by atoms with van der Waals surface area (Å²) in [5, 5.41) is 8.66. The summed E-state index contributed by atoms with van der Waals surface area (Å²) in [5.74, 6) is 4.48. The summed E-state index contributed by atoms with van der Waals surface area (Å²) < 4.78 is 0. The van der Waals surface area contributed by atoms with Crippen LogP contribution in [0.1, 0.15) is 33.1 Å². The Morgan fingerprint density at radius 3 is 2.64 bits per heavy atom. The lowest BCUT2D eigenvalue weighted by Crippen LogP contribution is -2.12. The maximum absolute atomic E-state index is 10.5. The van der Waals surface area contributed by atoms with E-state index in [9.17, 15) is 4.79 Å². The van der Waals surface area contributed by atoms with Crippen LogP contribution in [0.2, 0.25) is 0 Å². The van der Waals surface area contributed by atoms with Gasteiger partial charge in [-0.05, 0) is 13.3 Å². The summed E-state index contributed by atoms with van der Waals surface area (Å²) in [6.45, 7) is 3.71. The van der Waals surface area contributed by atoms with Crippen LogP contribution < -0.4 is 0 Å². The Bertz CT molecular complexity index is 174. The fourth-order valence-corrected chi connectivity index (χ4v) is 0.887. The van der Waals surface area contributed by atoms with Crippen LogP contribution in [-0.2, 0) is 4.79 Å². The van der Waals surface area contributed by atoms with Gasteiger partial charge in [-0.15, -0.1) is 11.8 Å². The third kappa shape index (κ3) is 4.44. The van der Waals surface area contributed by atoms with Crippen molar-refractivity contribution in [2.24, 2.45) is 5.92 Å². The highest BCUT2D eigenvalue weighted by molar-refractivity contribution is 5.70. The highest BCUT2D eigenvalue weighted by atomic mass is 16.4. The normalized spacial score (nSPS) is 11.5. The van der Waals surface area contributed by atoms with Gasteiger partial charge in [-0.1, -0.05) is 13.3 Å².